The van der Waals surface area contributed by atoms with Crippen molar-refractivity contribution >= 4 is 38.6 Å². The zero-order valence-electron chi connectivity index (χ0n) is 19.6. The van der Waals surface area contributed by atoms with Crippen molar-refractivity contribution in [2.45, 2.75) is 37.1 Å². The van der Waals surface area contributed by atoms with Crippen LogP contribution in [0.1, 0.15) is 36.7 Å². The Bertz CT molecular complexity index is 1440. The number of hydrogen-bond acceptors (Lipinski definition) is 5. The molecule has 4 aromatic rings. The number of rotatable bonds is 10. The third-order valence-electron chi connectivity index (χ3n) is 5.67. The number of carbonyl (C=O) groups is 2. The number of fused-ring (bicyclic) bond motifs is 1. The molecule has 0 radical (unpaired) electrons. The number of hydrogen-bond donors (Lipinski definition) is 3. The lowest BCUT2D eigenvalue weighted by Crippen LogP contribution is -2.36. The summed E-state index contributed by atoms with van der Waals surface area (Å²) in [6, 6.07) is 21.9. The lowest BCUT2D eigenvalue weighted by atomic mass is 10.1. The minimum atomic E-state index is -3.85. The number of carbonyl (C=O) groups excluding carboxylic acids is 1. The molecule has 0 unspecified atom stereocenters. The molecule has 0 fully saturated rings. The van der Waals surface area contributed by atoms with E-state index < -0.39 is 22.0 Å². The maximum Gasteiger partial charge on any atom is 0.304 e. The number of anilines is 1. The van der Waals surface area contributed by atoms with Gasteiger partial charge < -0.3 is 14.8 Å². The maximum atomic E-state index is 12.7. The van der Waals surface area contributed by atoms with E-state index in [9.17, 15) is 18.0 Å². The lowest BCUT2D eigenvalue weighted by Gasteiger charge is -2.16. The second-order valence-electron chi connectivity index (χ2n) is 8.41. The molecule has 1 aromatic heterocycles. The molecule has 186 valence electrons. The van der Waals surface area contributed by atoms with E-state index in [2.05, 4.69) is 10.0 Å². The standard InChI is InChI=1S/C27H26N2O6S/c1-2-5-22(17-26(30)31)29-36(33,34)23-14-10-19(11-15-23)18-8-12-21(13-9-18)28-27(32)25-16-20-6-3-4-7-24(20)35-25/h3-4,6-16,22,29H,2,5,17H2,1H3,(H,28,32)(H,30,31)/t22-/m1/s1. The van der Waals surface area contributed by atoms with Crippen LogP contribution in [0.5, 0.6) is 0 Å². The summed E-state index contributed by atoms with van der Waals surface area (Å²) in [6.45, 7) is 1.87. The van der Waals surface area contributed by atoms with Gasteiger partial charge in [0.1, 0.15) is 5.58 Å². The molecule has 0 aliphatic carbocycles. The molecule has 0 saturated carbocycles. The molecule has 0 bridgehead atoms. The van der Waals surface area contributed by atoms with E-state index in [1.165, 1.54) is 12.1 Å². The monoisotopic (exact) mass is 506 g/mol. The zero-order chi connectivity index (χ0) is 25.7. The molecule has 3 aromatic carbocycles. The van der Waals surface area contributed by atoms with Crippen LogP contribution in [0.3, 0.4) is 0 Å². The number of para-hydroxylation sites is 1. The quantitative estimate of drug-likeness (QED) is 0.269. The van der Waals surface area contributed by atoms with Gasteiger partial charge in [-0.2, -0.15) is 0 Å². The maximum absolute atomic E-state index is 12.7. The number of furan rings is 1. The van der Waals surface area contributed by atoms with Crippen molar-refractivity contribution in [3.8, 4) is 11.1 Å². The number of carboxylic acids is 1. The minimum Gasteiger partial charge on any atom is -0.481 e. The fraction of sp³-hybridized carbons (Fsp3) is 0.185. The van der Waals surface area contributed by atoms with Gasteiger partial charge in [-0.1, -0.05) is 55.8 Å². The molecule has 0 spiro atoms. The second kappa shape index (κ2) is 10.8. The van der Waals surface area contributed by atoms with Crippen LogP contribution in [0.4, 0.5) is 5.69 Å². The van der Waals surface area contributed by atoms with Crippen molar-refractivity contribution in [2.75, 3.05) is 5.32 Å². The summed E-state index contributed by atoms with van der Waals surface area (Å²) in [5, 5.41) is 12.7. The highest BCUT2D eigenvalue weighted by Crippen LogP contribution is 2.25. The second-order valence-corrected chi connectivity index (χ2v) is 10.1. The van der Waals surface area contributed by atoms with Gasteiger partial charge >= 0.3 is 5.97 Å². The summed E-state index contributed by atoms with van der Waals surface area (Å²) in [5.74, 6) is -1.19. The van der Waals surface area contributed by atoms with Gasteiger partial charge in [-0.25, -0.2) is 13.1 Å². The first kappa shape index (κ1) is 25.2. The van der Waals surface area contributed by atoms with Crippen molar-refractivity contribution < 1.29 is 27.5 Å². The first-order chi connectivity index (χ1) is 17.2. The highest BCUT2D eigenvalue weighted by Gasteiger charge is 2.21. The Morgan fingerprint density at radius 1 is 0.944 bits per heavy atom. The molecule has 3 N–H and O–H groups in total. The van der Waals surface area contributed by atoms with Crippen molar-refractivity contribution in [2.24, 2.45) is 0 Å². The number of carboxylic acid groups (broad SMARTS) is 1. The SMILES string of the molecule is CCC[C@H](CC(=O)O)NS(=O)(=O)c1ccc(-c2ccc(NC(=O)c3cc4ccccc4o3)cc2)cc1. The van der Waals surface area contributed by atoms with Crippen LogP contribution in [-0.2, 0) is 14.8 Å². The van der Waals surface area contributed by atoms with E-state index in [0.29, 0.717) is 24.1 Å². The van der Waals surface area contributed by atoms with E-state index in [4.69, 9.17) is 9.52 Å². The van der Waals surface area contributed by atoms with Crippen LogP contribution in [0.2, 0.25) is 0 Å². The van der Waals surface area contributed by atoms with Crippen LogP contribution in [-0.4, -0.2) is 31.4 Å². The van der Waals surface area contributed by atoms with Crippen LogP contribution >= 0.6 is 0 Å². The predicted molar refractivity (Wildman–Crippen MR) is 137 cm³/mol. The van der Waals surface area contributed by atoms with Crippen LogP contribution in [0, 0.1) is 0 Å². The van der Waals surface area contributed by atoms with E-state index in [1.54, 1.807) is 36.4 Å². The lowest BCUT2D eigenvalue weighted by molar-refractivity contribution is -0.137. The minimum absolute atomic E-state index is 0.0625. The Morgan fingerprint density at radius 2 is 1.58 bits per heavy atom. The van der Waals surface area contributed by atoms with Crippen molar-refractivity contribution in [3.63, 3.8) is 0 Å². The average molecular weight is 507 g/mol. The molecular formula is C27H26N2O6S. The van der Waals surface area contributed by atoms with Gasteiger partial charge in [0.25, 0.3) is 5.91 Å². The molecule has 1 atom stereocenters. The van der Waals surface area contributed by atoms with Crippen molar-refractivity contribution in [1.82, 2.24) is 4.72 Å². The van der Waals surface area contributed by atoms with E-state index in [1.807, 2.05) is 37.3 Å². The van der Waals surface area contributed by atoms with E-state index in [0.717, 1.165) is 16.5 Å². The van der Waals surface area contributed by atoms with Gasteiger partial charge in [0.05, 0.1) is 11.3 Å². The summed E-state index contributed by atoms with van der Waals surface area (Å²) in [5.41, 5.74) is 2.86. The van der Waals surface area contributed by atoms with Gasteiger partial charge in [0.15, 0.2) is 5.76 Å². The Kier molecular flexibility index (Phi) is 7.52. The normalized spacial score (nSPS) is 12.4. The zero-order valence-corrected chi connectivity index (χ0v) is 20.4. The fourth-order valence-corrected chi connectivity index (χ4v) is 5.18. The highest BCUT2D eigenvalue weighted by molar-refractivity contribution is 7.89. The van der Waals surface area contributed by atoms with Crippen LogP contribution in [0.25, 0.3) is 22.1 Å². The van der Waals surface area contributed by atoms with Crippen molar-refractivity contribution in [3.05, 3.63) is 84.6 Å². The molecule has 8 nitrogen and oxygen atoms in total. The number of sulfonamides is 1. The summed E-state index contributed by atoms with van der Waals surface area (Å²) < 4.78 is 33.5. The average Bonchev–Trinajstić information content (AvgIpc) is 3.29. The summed E-state index contributed by atoms with van der Waals surface area (Å²) >= 11 is 0. The van der Waals surface area contributed by atoms with E-state index >= 15 is 0 Å². The largest absolute Gasteiger partial charge is 0.481 e. The molecule has 1 heterocycles. The highest BCUT2D eigenvalue weighted by atomic mass is 32.2. The van der Waals surface area contributed by atoms with Crippen molar-refractivity contribution in [1.29, 1.82) is 0 Å². The Balaban J connectivity index is 1.43. The fourth-order valence-electron chi connectivity index (χ4n) is 3.91. The summed E-state index contributed by atoms with van der Waals surface area (Å²) in [4.78, 5) is 23.6. The summed E-state index contributed by atoms with van der Waals surface area (Å²) in [7, 11) is -3.85. The number of aliphatic carboxylic acids is 1. The molecule has 36 heavy (non-hydrogen) atoms. The molecule has 0 aliphatic heterocycles. The van der Waals surface area contributed by atoms with Crippen LogP contribution in [0.15, 0.2) is 88.2 Å². The van der Waals surface area contributed by atoms with E-state index in [-0.39, 0.29) is 23.0 Å². The number of nitrogens with one attached hydrogen (secondary N) is 2. The number of amides is 1. The predicted octanol–water partition coefficient (Wildman–Crippen LogP) is 5.27. The Hall–Kier alpha value is -3.95. The molecule has 4 rings (SSSR count). The molecule has 0 aliphatic rings. The Labute approximate surface area is 209 Å². The summed E-state index contributed by atoms with van der Waals surface area (Å²) in [6.07, 6.45) is 0.821. The first-order valence-corrected chi connectivity index (χ1v) is 13.0. The smallest absolute Gasteiger partial charge is 0.304 e. The number of benzene rings is 3. The van der Waals surface area contributed by atoms with Gasteiger partial charge in [-0.3, -0.25) is 9.59 Å². The molecule has 9 heteroatoms. The molecular weight excluding hydrogens is 480 g/mol. The van der Waals surface area contributed by atoms with Crippen LogP contribution < -0.4 is 10.0 Å². The van der Waals surface area contributed by atoms with Gasteiger partial charge in [-0.15, -0.1) is 0 Å². The van der Waals surface area contributed by atoms with Gasteiger partial charge in [-0.05, 0) is 53.9 Å². The third kappa shape index (κ3) is 5.99. The topological polar surface area (TPSA) is 126 Å². The molecule has 1 amide bonds. The van der Waals surface area contributed by atoms with Gasteiger partial charge in [0.2, 0.25) is 10.0 Å². The Morgan fingerprint density at radius 3 is 2.19 bits per heavy atom. The third-order valence-corrected chi connectivity index (χ3v) is 7.21. The van der Waals surface area contributed by atoms with Gasteiger partial charge in [0, 0.05) is 17.1 Å². The molecule has 0 saturated heterocycles. The first-order valence-electron chi connectivity index (χ1n) is 11.5.